The van der Waals surface area contributed by atoms with Gasteiger partial charge in [-0.25, -0.2) is 9.97 Å². The first-order chi connectivity index (χ1) is 14.2. The molecule has 7 heteroatoms. The second-order valence-electron chi connectivity index (χ2n) is 7.85. The number of anilines is 1. The molecule has 29 heavy (non-hydrogen) atoms. The summed E-state index contributed by atoms with van der Waals surface area (Å²) in [6, 6.07) is 10.1. The van der Waals surface area contributed by atoms with E-state index in [1.165, 1.54) is 18.4 Å². The van der Waals surface area contributed by atoms with Crippen LogP contribution in [0, 0.1) is 5.92 Å². The third kappa shape index (κ3) is 4.34. The molecule has 0 bridgehead atoms. The second-order valence-corrected chi connectivity index (χ2v) is 7.85. The van der Waals surface area contributed by atoms with E-state index >= 15 is 0 Å². The van der Waals surface area contributed by atoms with Gasteiger partial charge in [-0.2, -0.15) is 0 Å². The molecule has 2 saturated heterocycles. The maximum absolute atomic E-state index is 12.6. The van der Waals surface area contributed by atoms with Crippen LogP contribution in [0.15, 0.2) is 36.5 Å². The van der Waals surface area contributed by atoms with Gasteiger partial charge in [0.05, 0.1) is 18.7 Å². The SMILES string of the molecule is CNC(=O)[C@@H]1CN(Cc2cccc(OC)c2)C[C@H]1c1ccnc(N2CCCC2)n1. The van der Waals surface area contributed by atoms with Gasteiger partial charge in [0, 0.05) is 51.9 Å². The molecule has 2 aliphatic heterocycles. The van der Waals surface area contributed by atoms with E-state index < -0.39 is 0 Å². The normalized spacial score (nSPS) is 22.1. The fraction of sp³-hybridized carbons (Fsp3) is 0.500. The van der Waals surface area contributed by atoms with Crippen LogP contribution in [0.1, 0.15) is 30.0 Å². The Balaban J connectivity index is 1.54. The highest BCUT2D eigenvalue weighted by atomic mass is 16.5. The van der Waals surface area contributed by atoms with Crippen molar-refractivity contribution >= 4 is 11.9 Å². The first kappa shape index (κ1) is 19.6. The summed E-state index contributed by atoms with van der Waals surface area (Å²) in [6.07, 6.45) is 4.21. The number of amides is 1. The molecule has 1 aromatic heterocycles. The van der Waals surface area contributed by atoms with Crippen LogP contribution in [0.25, 0.3) is 0 Å². The molecule has 0 saturated carbocycles. The molecule has 0 radical (unpaired) electrons. The predicted molar refractivity (Wildman–Crippen MR) is 112 cm³/mol. The number of hydrogen-bond acceptors (Lipinski definition) is 6. The van der Waals surface area contributed by atoms with Gasteiger partial charge in [0.15, 0.2) is 0 Å². The Morgan fingerprint density at radius 1 is 1.24 bits per heavy atom. The summed E-state index contributed by atoms with van der Waals surface area (Å²) < 4.78 is 5.34. The third-order valence-corrected chi connectivity index (χ3v) is 5.95. The Morgan fingerprint density at radius 2 is 2.07 bits per heavy atom. The monoisotopic (exact) mass is 395 g/mol. The van der Waals surface area contributed by atoms with Crippen LogP contribution in [0.3, 0.4) is 0 Å². The van der Waals surface area contributed by atoms with Crippen LogP contribution in [0.4, 0.5) is 5.95 Å². The van der Waals surface area contributed by atoms with Crippen LogP contribution in [-0.4, -0.2) is 61.1 Å². The van der Waals surface area contributed by atoms with Gasteiger partial charge in [0.2, 0.25) is 11.9 Å². The highest BCUT2D eigenvalue weighted by Gasteiger charge is 2.39. The molecule has 0 aliphatic carbocycles. The number of carbonyl (C=O) groups is 1. The Morgan fingerprint density at radius 3 is 2.83 bits per heavy atom. The van der Waals surface area contributed by atoms with E-state index in [4.69, 9.17) is 9.72 Å². The number of ether oxygens (including phenoxy) is 1. The van der Waals surface area contributed by atoms with E-state index in [1.54, 1.807) is 14.2 Å². The highest BCUT2D eigenvalue weighted by Crippen LogP contribution is 2.33. The van der Waals surface area contributed by atoms with Crippen molar-refractivity contribution in [3.8, 4) is 5.75 Å². The molecule has 154 valence electrons. The number of benzene rings is 1. The van der Waals surface area contributed by atoms with Crippen molar-refractivity contribution < 1.29 is 9.53 Å². The lowest BCUT2D eigenvalue weighted by molar-refractivity contribution is -0.124. The largest absolute Gasteiger partial charge is 0.497 e. The third-order valence-electron chi connectivity index (χ3n) is 5.95. The minimum atomic E-state index is -0.119. The number of likely N-dealkylation sites (tertiary alicyclic amines) is 1. The second kappa shape index (κ2) is 8.78. The number of hydrogen-bond donors (Lipinski definition) is 1. The summed E-state index contributed by atoms with van der Waals surface area (Å²) in [7, 11) is 3.39. The van der Waals surface area contributed by atoms with Gasteiger partial charge < -0.3 is 15.0 Å². The van der Waals surface area contributed by atoms with Crippen LogP contribution in [0.2, 0.25) is 0 Å². The number of rotatable bonds is 6. The lowest BCUT2D eigenvalue weighted by Gasteiger charge is -2.20. The summed E-state index contributed by atoms with van der Waals surface area (Å²) in [5.74, 6) is 1.66. The summed E-state index contributed by atoms with van der Waals surface area (Å²) in [5, 5.41) is 2.84. The molecule has 2 aliphatic rings. The molecular formula is C22H29N5O2. The summed E-state index contributed by atoms with van der Waals surface area (Å²) >= 11 is 0. The van der Waals surface area contributed by atoms with Gasteiger partial charge in [-0.1, -0.05) is 12.1 Å². The first-order valence-corrected chi connectivity index (χ1v) is 10.3. The van der Waals surface area contributed by atoms with Crippen molar-refractivity contribution in [1.29, 1.82) is 0 Å². The maximum atomic E-state index is 12.6. The molecule has 7 nitrogen and oxygen atoms in total. The molecule has 3 heterocycles. The van der Waals surface area contributed by atoms with Gasteiger partial charge in [-0.3, -0.25) is 9.69 Å². The van der Waals surface area contributed by atoms with E-state index in [1.807, 2.05) is 24.4 Å². The molecule has 0 spiro atoms. The summed E-state index contributed by atoms with van der Waals surface area (Å²) in [5.41, 5.74) is 2.14. The number of aromatic nitrogens is 2. The van der Waals surface area contributed by atoms with E-state index in [-0.39, 0.29) is 17.7 Å². The lowest BCUT2D eigenvalue weighted by Crippen LogP contribution is -2.32. The van der Waals surface area contributed by atoms with Gasteiger partial charge in [-0.15, -0.1) is 0 Å². The molecular weight excluding hydrogens is 366 g/mol. The van der Waals surface area contributed by atoms with Gasteiger partial charge in [0.1, 0.15) is 5.75 Å². The predicted octanol–water partition coefficient (Wildman–Crippen LogP) is 2.05. The fourth-order valence-electron chi connectivity index (χ4n) is 4.43. The molecule has 1 aromatic carbocycles. The average Bonchev–Trinajstić information content (AvgIpc) is 3.44. The average molecular weight is 396 g/mol. The Kier molecular flexibility index (Phi) is 5.94. The Labute approximate surface area is 172 Å². The van der Waals surface area contributed by atoms with E-state index in [9.17, 15) is 4.79 Å². The molecule has 0 unspecified atom stereocenters. The van der Waals surface area contributed by atoms with Crippen LogP contribution in [-0.2, 0) is 11.3 Å². The molecule has 1 amide bonds. The van der Waals surface area contributed by atoms with Gasteiger partial charge in [0.25, 0.3) is 0 Å². The van der Waals surface area contributed by atoms with Crippen LogP contribution < -0.4 is 15.0 Å². The Hall–Kier alpha value is -2.67. The van der Waals surface area contributed by atoms with Crippen molar-refractivity contribution in [1.82, 2.24) is 20.2 Å². The molecule has 2 atom stereocenters. The standard InChI is InChI=1S/C22H29N5O2/c1-23-21(28)19-15-26(13-16-6-5-7-17(12-16)29-2)14-18(19)20-8-9-24-22(25-20)27-10-3-4-11-27/h5-9,12,18-19H,3-4,10-11,13-15H2,1-2H3,(H,23,28)/t18-,19-/m1/s1. The van der Waals surface area contributed by atoms with E-state index in [0.717, 1.165) is 43.6 Å². The van der Waals surface area contributed by atoms with Gasteiger partial charge in [-0.05, 0) is 36.6 Å². The lowest BCUT2D eigenvalue weighted by atomic mass is 9.92. The maximum Gasteiger partial charge on any atom is 0.225 e. The number of carbonyl (C=O) groups excluding carboxylic acids is 1. The minimum absolute atomic E-state index is 0.0601. The molecule has 4 rings (SSSR count). The Bertz CT molecular complexity index is 853. The zero-order valence-electron chi connectivity index (χ0n) is 17.2. The van der Waals surface area contributed by atoms with Crippen molar-refractivity contribution in [3.05, 3.63) is 47.8 Å². The molecule has 2 aromatic rings. The number of nitrogens with one attached hydrogen (secondary N) is 1. The van der Waals surface area contributed by atoms with Crippen molar-refractivity contribution in [2.24, 2.45) is 5.92 Å². The number of nitrogens with zero attached hydrogens (tertiary/aromatic N) is 4. The zero-order valence-corrected chi connectivity index (χ0v) is 17.2. The number of methoxy groups -OCH3 is 1. The van der Waals surface area contributed by atoms with Crippen LogP contribution >= 0.6 is 0 Å². The smallest absolute Gasteiger partial charge is 0.225 e. The fourth-order valence-corrected chi connectivity index (χ4v) is 4.43. The first-order valence-electron chi connectivity index (χ1n) is 10.3. The minimum Gasteiger partial charge on any atom is -0.497 e. The highest BCUT2D eigenvalue weighted by molar-refractivity contribution is 5.80. The van der Waals surface area contributed by atoms with Gasteiger partial charge >= 0.3 is 0 Å². The van der Waals surface area contributed by atoms with E-state index in [0.29, 0.717) is 6.54 Å². The zero-order chi connectivity index (χ0) is 20.2. The quantitative estimate of drug-likeness (QED) is 0.807. The van der Waals surface area contributed by atoms with Crippen molar-refractivity contribution in [2.75, 3.05) is 45.2 Å². The van der Waals surface area contributed by atoms with Crippen molar-refractivity contribution in [2.45, 2.75) is 25.3 Å². The summed E-state index contributed by atoms with van der Waals surface area (Å²) in [6.45, 7) is 4.31. The molecule has 2 fully saturated rings. The summed E-state index contributed by atoms with van der Waals surface area (Å²) in [4.78, 5) is 26.5. The van der Waals surface area contributed by atoms with Crippen molar-refractivity contribution in [3.63, 3.8) is 0 Å². The van der Waals surface area contributed by atoms with E-state index in [2.05, 4.69) is 32.2 Å². The topological polar surface area (TPSA) is 70.6 Å². The van der Waals surface area contributed by atoms with Crippen LogP contribution in [0.5, 0.6) is 5.75 Å². The molecule has 1 N–H and O–H groups in total.